The van der Waals surface area contributed by atoms with Crippen molar-refractivity contribution in [3.05, 3.63) is 69.6 Å². The highest BCUT2D eigenvalue weighted by atomic mass is 32.2. The quantitative estimate of drug-likeness (QED) is 0.451. The molecule has 0 amide bonds. The molecule has 1 unspecified atom stereocenters. The Morgan fingerprint density at radius 3 is 2.84 bits per heavy atom. The number of hydrazone groups is 1. The number of fused-ring (bicyclic) bond motifs is 1. The zero-order valence-electron chi connectivity index (χ0n) is 17.9. The van der Waals surface area contributed by atoms with Crippen molar-refractivity contribution in [1.29, 1.82) is 0 Å². The lowest BCUT2D eigenvalue weighted by Crippen LogP contribution is -2.29. The van der Waals surface area contributed by atoms with E-state index in [4.69, 9.17) is 4.74 Å². The van der Waals surface area contributed by atoms with Gasteiger partial charge in [0.05, 0.1) is 18.0 Å². The number of aromatic nitrogens is 4. The van der Waals surface area contributed by atoms with Crippen LogP contribution < -0.4 is 11.1 Å². The number of tetrazole rings is 1. The van der Waals surface area contributed by atoms with Crippen LogP contribution in [0.5, 0.6) is 0 Å². The molecule has 0 bridgehead atoms. The third-order valence-electron chi connectivity index (χ3n) is 5.27. The van der Waals surface area contributed by atoms with E-state index in [0.717, 1.165) is 35.4 Å². The van der Waals surface area contributed by atoms with Crippen molar-refractivity contribution in [2.45, 2.75) is 44.4 Å². The molecule has 0 fully saturated rings. The molecule has 0 saturated carbocycles. The van der Waals surface area contributed by atoms with Crippen molar-refractivity contribution >= 4 is 17.5 Å². The topological polar surface area (TPSA) is 86.3 Å². The fourth-order valence-electron chi connectivity index (χ4n) is 3.46. The molecule has 162 valence electrons. The van der Waals surface area contributed by atoms with Crippen LogP contribution in [-0.2, 0) is 18.4 Å². The molecule has 1 aliphatic rings. The standard InChI is InChI=1S/C22H26N6O2S/c1-4-21(24-23-18-12-13-31-20-11-6-5-9-16(18)20)30-14-17-15(2)8-7-10-19(17)28-22(29)27(3)25-26-28/h5-11,21,24H,4,12-14H2,1-3H3. The third kappa shape index (κ3) is 4.57. The van der Waals surface area contributed by atoms with E-state index in [1.165, 1.54) is 19.8 Å². The number of nitrogens with zero attached hydrogens (tertiary/aromatic N) is 5. The Balaban J connectivity index is 1.50. The lowest BCUT2D eigenvalue weighted by Gasteiger charge is -2.21. The zero-order chi connectivity index (χ0) is 21.8. The first-order valence-corrected chi connectivity index (χ1v) is 11.3. The summed E-state index contributed by atoms with van der Waals surface area (Å²) < 4.78 is 8.66. The molecule has 9 heteroatoms. The number of benzene rings is 2. The van der Waals surface area contributed by atoms with Crippen LogP contribution in [0.15, 0.2) is 57.3 Å². The van der Waals surface area contributed by atoms with Gasteiger partial charge in [0.25, 0.3) is 0 Å². The minimum absolute atomic E-state index is 0.250. The maximum atomic E-state index is 12.3. The van der Waals surface area contributed by atoms with Crippen LogP contribution in [0.1, 0.15) is 36.5 Å². The summed E-state index contributed by atoms with van der Waals surface area (Å²) >= 11 is 1.86. The van der Waals surface area contributed by atoms with E-state index in [1.807, 2.05) is 43.0 Å². The van der Waals surface area contributed by atoms with Gasteiger partial charge in [-0.05, 0) is 41.5 Å². The molecular formula is C22H26N6O2S. The van der Waals surface area contributed by atoms with Gasteiger partial charge in [0, 0.05) is 35.2 Å². The van der Waals surface area contributed by atoms with Gasteiger partial charge in [-0.25, -0.2) is 4.79 Å². The van der Waals surface area contributed by atoms with Crippen LogP contribution in [0.3, 0.4) is 0 Å². The molecule has 2 heterocycles. The van der Waals surface area contributed by atoms with E-state index in [0.29, 0.717) is 12.3 Å². The molecule has 1 atom stereocenters. The van der Waals surface area contributed by atoms with Crippen molar-refractivity contribution < 1.29 is 4.74 Å². The fraction of sp³-hybridized carbons (Fsp3) is 0.364. The van der Waals surface area contributed by atoms with Gasteiger partial charge in [-0.2, -0.15) is 14.5 Å². The molecule has 4 rings (SSSR count). The molecule has 0 aliphatic carbocycles. The van der Waals surface area contributed by atoms with Gasteiger partial charge in [-0.3, -0.25) is 5.43 Å². The van der Waals surface area contributed by atoms with Gasteiger partial charge in [-0.1, -0.05) is 37.3 Å². The van der Waals surface area contributed by atoms with Crippen molar-refractivity contribution in [2.75, 3.05) is 5.75 Å². The number of thioether (sulfide) groups is 1. The largest absolute Gasteiger partial charge is 0.368 e. The van der Waals surface area contributed by atoms with E-state index < -0.39 is 0 Å². The number of nitrogens with one attached hydrogen (secondary N) is 1. The highest BCUT2D eigenvalue weighted by Crippen LogP contribution is 2.29. The Morgan fingerprint density at radius 1 is 1.23 bits per heavy atom. The average molecular weight is 439 g/mol. The lowest BCUT2D eigenvalue weighted by atomic mass is 10.1. The van der Waals surface area contributed by atoms with E-state index in [2.05, 4.69) is 46.1 Å². The monoisotopic (exact) mass is 438 g/mol. The molecule has 1 N–H and O–H groups in total. The second kappa shape index (κ2) is 9.49. The molecule has 0 radical (unpaired) electrons. The second-order valence-electron chi connectivity index (χ2n) is 7.36. The van der Waals surface area contributed by atoms with E-state index in [1.54, 1.807) is 7.05 Å². The van der Waals surface area contributed by atoms with E-state index in [9.17, 15) is 4.79 Å². The molecule has 3 aromatic rings. The van der Waals surface area contributed by atoms with Gasteiger partial charge < -0.3 is 4.74 Å². The SMILES string of the molecule is CCC(NN=C1CCSc2ccccc21)OCc1c(C)cccc1-n1nnn(C)c1=O. The number of rotatable bonds is 7. The second-order valence-corrected chi connectivity index (χ2v) is 8.50. The summed E-state index contributed by atoms with van der Waals surface area (Å²) in [6.07, 6.45) is 1.42. The van der Waals surface area contributed by atoms with Gasteiger partial charge in [0.1, 0.15) is 6.23 Å². The first kappa shape index (κ1) is 21.3. The number of ether oxygens (including phenoxy) is 1. The van der Waals surface area contributed by atoms with Gasteiger partial charge >= 0.3 is 5.69 Å². The highest BCUT2D eigenvalue weighted by molar-refractivity contribution is 7.99. The first-order valence-electron chi connectivity index (χ1n) is 10.3. The Hall–Kier alpha value is -2.91. The molecule has 2 aromatic carbocycles. The Bertz CT molecular complexity index is 1150. The number of hydrogen-bond acceptors (Lipinski definition) is 7. The lowest BCUT2D eigenvalue weighted by molar-refractivity contribution is 0.0157. The molecule has 8 nitrogen and oxygen atoms in total. The summed E-state index contributed by atoms with van der Waals surface area (Å²) in [5.74, 6) is 1.02. The smallest absolute Gasteiger partial charge is 0.352 e. The van der Waals surface area contributed by atoms with Gasteiger partial charge in [0.15, 0.2) is 0 Å². The van der Waals surface area contributed by atoms with Crippen LogP contribution in [0.25, 0.3) is 5.69 Å². The average Bonchev–Trinajstić information content (AvgIpc) is 3.12. The Morgan fingerprint density at radius 2 is 2.06 bits per heavy atom. The summed E-state index contributed by atoms with van der Waals surface area (Å²) in [6.45, 7) is 4.37. The van der Waals surface area contributed by atoms with E-state index >= 15 is 0 Å². The first-order chi connectivity index (χ1) is 15.1. The fourth-order valence-corrected chi connectivity index (χ4v) is 4.49. The summed E-state index contributed by atoms with van der Waals surface area (Å²) in [5, 5.41) is 12.5. The van der Waals surface area contributed by atoms with Crippen molar-refractivity contribution in [3.63, 3.8) is 0 Å². The highest BCUT2D eigenvalue weighted by Gasteiger charge is 2.17. The number of aryl methyl sites for hydroxylation is 2. The van der Waals surface area contributed by atoms with Gasteiger partial charge in [-0.15, -0.1) is 11.8 Å². The Labute approximate surface area is 185 Å². The molecule has 1 aliphatic heterocycles. The summed E-state index contributed by atoms with van der Waals surface area (Å²) in [5.41, 5.74) is 7.75. The van der Waals surface area contributed by atoms with Crippen LogP contribution in [0.2, 0.25) is 0 Å². The zero-order valence-corrected chi connectivity index (χ0v) is 18.7. The predicted molar refractivity (Wildman–Crippen MR) is 122 cm³/mol. The summed E-state index contributed by atoms with van der Waals surface area (Å²) in [6, 6.07) is 14.1. The molecular weight excluding hydrogens is 412 g/mol. The van der Waals surface area contributed by atoms with E-state index in [-0.39, 0.29) is 11.9 Å². The summed E-state index contributed by atoms with van der Waals surface area (Å²) in [4.78, 5) is 13.6. The van der Waals surface area contributed by atoms with Crippen molar-refractivity contribution in [2.24, 2.45) is 12.1 Å². The molecule has 0 spiro atoms. The minimum atomic E-state index is -0.294. The minimum Gasteiger partial charge on any atom is -0.352 e. The predicted octanol–water partition coefficient (Wildman–Crippen LogP) is 3.02. The third-order valence-corrected chi connectivity index (χ3v) is 6.35. The molecule has 1 aromatic heterocycles. The van der Waals surface area contributed by atoms with Crippen LogP contribution in [-0.4, -0.2) is 37.5 Å². The summed E-state index contributed by atoms with van der Waals surface area (Å²) in [7, 11) is 1.58. The maximum Gasteiger partial charge on any atom is 0.368 e. The molecule has 31 heavy (non-hydrogen) atoms. The Kier molecular flexibility index (Phi) is 6.53. The van der Waals surface area contributed by atoms with Crippen LogP contribution >= 0.6 is 11.8 Å². The molecule has 0 saturated heterocycles. The maximum absolute atomic E-state index is 12.3. The normalized spacial score (nSPS) is 15.6. The van der Waals surface area contributed by atoms with Crippen molar-refractivity contribution in [1.82, 2.24) is 25.2 Å². The van der Waals surface area contributed by atoms with Crippen molar-refractivity contribution in [3.8, 4) is 5.69 Å². The van der Waals surface area contributed by atoms with Crippen LogP contribution in [0.4, 0.5) is 0 Å². The number of hydrogen-bond donors (Lipinski definition) is 1. The van der Waals surface area contributed by atoms with Gasteiger partial charge in [0.2, 0.25) is 0 Å². The van der Waals surface area contributed by atoms with Crippen LogP contribution in [0, 0.1) is 6.92 Å².